The van der Waals surface area contributed by atoms with E-state index in [1.54, 1.807) is 24.3 Å². The van der Waals surface area contributed by atoms with Crippen molar-refractivity contribution in [1.29, 1.82) is 0 Å². The van der Waals surface area contributed by atoms with Crippen molar-refractivity contribution in [2.45, 2.75) is 56.7 Å². The van der Waals surface area contributed by atoms with Crippen LogP contribution in [0.15, 0.2) is 30.3 Å². The number of hydrogen-bond donors (Lipinski definition) is 7. The van der Waals surface area contributed by atoms with E-state index < -0.39 is 71.3 Å². The number of ether oxygens (including phenoxy) is 2. The molecule has 5 atom stereocenters. The fourth-order valence-corrected chi connectivity index (χ4v) is 3.91. The molecule has 0 saturated carbocycles. The molecular formula is C24H30O10. The summed E-state index contributed by atoms with van der Waals surface area (Å²) in [6, 6.07) is 7.98. The number of aryl methyl sites for hydroxylation is 1. The van der Waals surface area contributed by atoms with Crippen molar-refractivity contribution >= 4 is 5.78 Å². The van der Waals surface area contributed by atoms with Gasteiger partial charge in [0.05, 0.1) is 18.8 Å². The SMILES string of the molecule is CCCOc1ccc(CCC(=O)c2c(O)cc(O)c([C@@H]3O[C@H](CO)[C@@H](O)[C@H](O)[C@H]3O)c2O)cc1. The van der Waals surface area contributed by atoms with E-state index in [1.807, 2.05) is 6.92 Å². The quantitative estimate of drug-likeness (QED) is 0.256. The zero-order valence-electron chi connectivity index (χ0n) is 18.7. The Morgan fingerprint density at radius 3 is 2.29 bits per heavy atom. The van der Waals surface area contributed by atoms with E-state index in [0.717, 1.165) is 18.1 Å². The number of aliphatic hydroxyl groups is 4. The summed E-state index contributed by atoms with van der Waals surface area (Å²) in [7, 11) is 0. The van der Waals surface area contributed by atoms with E-state index in [0.29, 0.717) is 18.8 Å². The number of phenolic OH excluding ortho intramolecular Hbond substituents is 3. The molecule has 0 spiro atoms. The Morgan fingerprint density at radius 2 is 1.68 bits per heavy atom. The second-order valence-corrected chi connectivity index (χ2v) is 8.22. The number of Topliss-reactive ketones (excluding diaryl/α,β-unsaturated/α-hetero) is 1. The smallest absolute Gasteiger partial charge is 0.170 e. The third kappa shape index (κ3) is 5.26. The average Bonchev–Trinajstić information content (AvgIpc) is 2.81. The van der Waals surface area contributed by atoms with Gasteiger partial charge in [0.25, 0.3) is 0 Å². The van der Waals surface area contributed by atoms with Crippen molar-refractivity contribution in [3.63, 3.8) is 0 Å². The summed E-state index contributed by atoms with van der Waals surface area (Å²) >= 11 is 0. The lowest BCUT2D eigenvalue weighted by Crippen LogP contribution is -2.55. The molecule has 0 radical (unpaired) electrons. The van der Waals surface area contributed by atoms with Gasteiger partial charge in [-0.15, -0.1) is 0 Å². The van der Waals surface area contributed by atoms with Crippen molar-refractivity contribution in [3.8, 4) is 23.0 Å². The van der Waals surface area contributed by atoms with Crippen LogP contribution in [0.2, 0.25) is 0 Å². The first-order chi connectivity index (χ1) is 16.2. The molecule has 0 unspecified atom stereocenters. The molecular weight excluding hydrogens is 448 g/mol. The van der Waals surface area contributed by atoms with E-state index in [2.05, 4.69) is 0 Å². The van der Waals surface area contributed by atoms with Crippen molar-refractivity contribution in [2.24, 2.45) is 0 Å². The lowest BCUT2D eigenvalue weighted by atomic mass is 9.88. The largest absolute Gasteiger partial charge is 0.507 e. The maximum absolute atomic E-state index is 12.9. The monoisotopic (exact) mass is 478 g/mol. The molecule has 1 saturated heterocycles. The van der Waals surface area contributed by atoms with E-state index in [4.69, 9.17) is 9.47 Å². The molecule has 0 aliphatic carbocycles. The van der Waals surface area contributed by atoms with Gasteiger partial charge >= 0.3 is 0 Å². The van der Waals surface area contributed by atoms with Gasteiger partial charge in [-0.25, -0.2) is 0 Å². The molecule has 0 bridgehead atoms. The van der Waals surface area contributed by atoms with Crippen molar-refractivity contribution in [3.05, 3.63) is 47.0 Å². The zero-order chi connectivity index (χ0) is 25.0. The maximum atomic E-state index is 12.9. The van der Waals surface area contributed by atoms with Crippen LogP contribution in [0.5, 0.6) is 23.0 Å². The molecule has 1 aliphatic rings. The highest BCUT2D eigenvalue weighted by Gasteiger charge is 2.46. The molecule has 0 aromatic heterocycles. The van der Waals surface area contributed by atoms with Crippen LogP contribution >= 0.6 is 0 Å². The molecule has 186 valence electrons. The van der Waals surface area contributed by atoms with E-state index in [9.17, 15) is 40.5 Å². The van der Waals surface area contributed by atoms with Crippen LogP contribution < -0.4 is 4.74 Å². The molecule has 3 rings (SSSR count). The number of aromatic hydroxyl groups is 3. The lowest BCUT2D eigenvalue weighted by molar-refractivity contribution is -0.232. The van der Waals surface area contributed by atoms with Gasteiger partial charge in [-0.2, -0.15) is 0 Å². The van der Waals surface area contributed by atoms with Gasteiger partial charge < -0.3 is 45.2 Å². The number of phenols is 3. The lowest BCUT2D eigenvalue weighted by Gasteiger charge is -2.40. The van der Waals surface area contributed by atoms with Crippen LogP contribution in [0.3, 0.4) is 0 Å². The van der Waals surface area contributed by atoms with Crippen molar-refractivity contribution < 1.29 is 50.0 Å². The third-order valence-corrected chi connectivity index (χ3v) is 5.79. The normalized spacial score (nSPS) is 24.7. The van der Waals surface area contributed by atoms with Gasteiger partial charge in [0.2, 0.25) is 0 Å². The van der Waals surface area contributed by atoms with Gasteiger partial charge in [0, 0.05) is 12.5 Å². The highest BCUT2D eigenvalue weighted by Crippen LogP contribution is 2.46. The first kappa shape index (κ1) is 25.7. The Labute approximate surface area is 196 Å². The number of hydrogen-bond acceptors (Lipinski definition) is 10. The van der Waals surface area contributed by atoms with Gasteiger partial charge in [0.15, 0.2) is 5.78 Å². The molecule has 0 amide bonds. The summed E-state index contributed by atoms with van der Waals surface area (Å²) in [4.78, 5) is 12.9. The number of rotatable bonds is 9. The van der Waals surface area contributed by atoms with Crippen LogP contribution in [-0.2, 0) is 11.2 Å². The fraction of sp³-hybridized carbons (Fsp3) is 0.458. The fourth-order valence-electron chi connectivity index (χ4n) is 3.91. The molecule has 34 heavy (non-hydrogen) atoms. The number of carbonyl (C=O) groups excluding carboxylic acids is 1. The minimum absolute atomic E-state index is 0.0881. The Balaban J connectivity index is 1.82. The first-order valence-electron chi connectivity index (χ1n) is 11.0. The topological polar surface area (TPSA) is 177 Å². The number of benzene rings is 2. The summed E-state index contributed by atoms with van der Waals surface area (Å²) in [5.41, 5.74) is -0.104. The highest BCUT2D eigenvalue weighted by molar-refractivity contribution is 6.02. The highest BCUT2D eigenvalue weighted by atomic mass is 16.5. The predicted molar refractivity (Wildman–Crippen MR) is 119 cm³/mol. The predicted octanol–water partition coefficient (Wildman–Crippen LogP) is 0.923. The minimum Gasteiger partial charge on any atom is -0.507 e. The molecule has 1 fully saturated rings. The first-order valence-corrected chi connectivity index (χ1v) is 11.0. The Hall–Kier alpha value is -2.89. The van der Waals surface area contributed by atoms with E-state index in [1.165, 1.54) is 0 Å². The van der Waals surface area contributed by atoms with Crippen LogP contribution in [-0.4, -0.2) is 79.2 Å². The number of carbonyl (C=O) groups is 1. The summed E-state index contributed by atoms with van der Waals surface area (Å²) in [6.07, 6.45) is -6.99. The van der Waals surface area contributed by atoms with Crippen LogP contribution in [0.4, 0.5) is 0 Å². The Morgan fingerprint density at radius 1 is 1.00 bits per heavy atom. The van der Waals surface area contributed by atoms with Gasteiger partial charge in [-0.05, 0) is 30.5 Å². The maximum Gasteiger partial charge on any atom is 0.170 e. The van der Waals surface area contributed by atoms with Crippen LogP contribution in [0.25, 0.3) is 0 Å². The third-order valence-electron chi connectivity index (χ3n) is 5.79. The molecule has 10 nitrogen and oxygen atoms in total. The molecule has 7 N–H and O–H groups in total. The number of aliphatic hydroxyl groups excluding tert-OH is 4. The van der Waals surface area contributed by atoms with E-state index >= 15 is 0 Å². The second-order valence-electron chi connectivity index (χ2n) is 8.22. The molecule has 2 aromatic rings. The van der Waals surface area contributed by atoms with Gasteiger partial charge in [-0.3, -0.25) is 4.79 Å². The molecule has 10 heteroatoms. The summed E-state index contributed by atoms with van der Waals surface area (Å²) in [5, 5.41) is 71.1. The van der Waals surface area contributed by atoms with Crippen LogP contribution in [0.1, 0.15) is 47.4 Å². The second kappa shape index (κ2) is 11.0. The number of ketones is 1. The Bertz CT molecular complexity index is 988. The summed E-state index contributed by atoms with van der Waals surface area (Å²) in [5.74, 6) is -2.12. The van der Waals surface area contributed by atoms with Crippen LogP contribution in [0, 0.1) is 0 Å². The summed E-state index contributed by atoms with van der Waals surface area (Å²) < 4.78 is 10.9. The van der Waals surface area contributed by atoms with Crippen molar-refractivity contribution in [1.82, 2.24) is 0 Å². The molecule has 2 aromatic carbocycles. The van der Waals surface area contributed by atoms with Gasteiger partial charge in [0.1, 0.15) is 59.1 Å². The van der Waals surface area contributed by atoms with E-state index in [-0.39, 0.29) is 6.42 Å². The average molecular weight is 478 g/mol. The van der Waals surface area contributed by atoms with Gasteiger partial charge in [-0.1, -0.05) is 19.1 Å². The van der Waals surface area contributed by atoms with Crippen molar-refractivity contribution in [2.75, 3.05) is 13.2 Å². The zero-order valence-corrected chi connectivity index (χ0v) is 18.7. The Kier molecular flexibility index (Phi) is 8.34. The summed E-state index contributed by atoms with van der Waals surface area (Å²) in [6.45, 7) is 1.88. The molecule has 1 heterocycles. The standard InChI is InChI=1S/C24H30O10/c1-2-9-33-13-6-3-12(4-7-13)5-8-14(26)18-15(27)10-16(28)19(21(18)30)24-23(32)22(31)20(29)17(11-25)34-24/h3-4,6-7,10,17,20,22-25,27-32H,2,5,8-9,11H2,1H3/t17-,20-,22+,23-,24+/m1/s1. The molecule has 1 aliphatic heterocycles. The minimum atomic E-state index is -1.80.